The van der Waals surface area contributed by atoms with Crippen molar-refractivity contribution < 1.29 is 0 Å². The van der Waals surface area contributed by atoms with Crippen molar-refractivity contribution in [3.05, 3.63) is 46.2 Å². The quantitative estimate of drug-likeness (QED) is 0.902. The molecule has 1 aliphatic heterocycles. The van der Waals surface area contributed by atoms with Gasteiger partial charge in [-0.25, -0.2) is 9.97 Å². The topological polar surface area (TPSA) is 37.8 Å². The molecule has 0 bridgehead atoms. The van der Waals surface area contributed by atoms with Crippen LogP contribution < -0.4 is 5.32 Å². The molecule has 1 fully saturated rings. The summed E-state index contributed by atoms with van der Waals surface area (Å²) < 4.78 is 0. The smallest absolute Gasteiger partial charge is 0.159 e. The van der Waals surface area contributed by atoms with Gasteiger partial charge in [-0.15, -0.1) is 0 Å². The third kappa shape index (κ3) is 3.09. The van der Waals surface area contributed by atoms with Crippen LogP contribution in [0.1, 0.15) is 42.3 Å². The van der Waals surface area contributed by atoms with Gasteiger partial charge in [0.25, 0.3) is 0 Å². The van der Waals surface area contributed by atoms with Crippen molar-refractivity contribution in [1.29, 1.82) is 0 Å². The molecule has 0 aliphatic carbocycles. The molecule has 0 spiro atoms. The molecule has 1 saturated heterocycles. The van der Waals surface area contributed by atoms with Crippen molar-refractivity contribution >= 4 is 11.6 Å². The van der Waals surface area contributed by atoms with Crippen molar-refractivity contribution in [1.82, 2.24) is 15.3 Å². The Morgan fingerprint density at radius 1 is 1.14 bits per heavy atom. The Balaban J connectivity index is 1.99. The Hall–Kier alpha value is -1.45. The van der Waals surface area contributed by atoms with Crippen LogP contribution in [0, 0.1) is 13.8 Å². The molecule has 1 N–H and O–H groups in total. The molecule has 1 aromatic heterocycles. The summed E-state index contributed by atoms with van der Waals surface area (Å²) in [6.45, 7) is 5.24. The van der Waals surface area contributed by atoms with Crippen molar-refractivity contribution in [2.45, 2.75) is 39.2 Å². The summed E-state index contributed by atoms with van der Waals surface area (Å²) in [5.74, 6) is 0.757. The Kier molecular flexibility index (Phi) is 4.22. The van der Waals surface area contributed by atoms with E-state index >= 15 is 0 Å². The number of benzene rings is 1. The third-order valence-electron chi connectivity index (χ3n) is 4.07. The van der Waals surface area contributed by atoms with Gasteiger partial charge in [-0.05, 0) is 45.4 Å². The number of piperidine rings is 1. The Labute approximate surface area is 130 Å². The van der Waals surface area contributed by atoms with E-state index in [0.717, 1.165) is 29.3 Å². The summed E-state index contributed by atoms with van der Waals surface area (Å²) in [6, 6.07) is 8.10. The van der Waals surface area contributed by atoms with Gasteiger partial charge in [0.1, 0.15) is 0 Å². The van der Waals surface area contributed by atoms with E-state index in [1.165, 1.54) is 24.8 Å². The molecular formula is C17H20ClN3. The number of aryl methyl sites for hydroxylation is 2. The molecule has 1 aliphatic rings. The minimum Gasteiger partial charge on any atom is -0.310 e. The highest BCUT2D eigenvalue weighted by Gasteiger charge is 2.21. The number of hydrogen-bond donors (Lipinski definition) is 1. The average Bonchev–Trinajstić information content (AvgIpc) is 2.47. The largest absolute Gasteiger partial charge is 0.310 e. The van der Waals surface area contributed by atoms with Gasteiger partial charge in [0, 0.05) is 33.6 Å². The number of nitrogens with one attached hydrogen (secondary N) is 1. The van der Waals surface area contributed by atoms with Crippen LogP contribution in [0.3, 0.4) is 0 Å². The van der Waals surface area contributed by atoms with E-state index in [0.29, 0.717) is 11.1 Å². The molecule has 0 amide bonds. The van der Waals surface area contributed by atoms with Gasteiger partial charge in [0.2, 0.25) is 0 Å². The lowest BCUT2D eigenvalue weighted by atomic mass is 9.95. The van der Waals surface area contributed by atoms with Crippen LogP contribution in [0.25, 0.3) is 11.4 Å². The number of nitrogens with zero attached hydrogens (tertiary/aromatic N) is 2. The highest BCUT2D eigenvalue weighted by molar-refractivity contribution is 6.30. The fourth-order valence-electron chi connectivity index (χ4n) is 3.08. The number of aromatic nitrogens is 2. The van der Waals surface area contributed by atoms with Crippen LogP contribution in [-0.4, -0.2) is 16.5 Å². The van der Waals surface area contributed by atoms with E-state index in [1.54, 1.807) is 0 Å². The van der Waals surface area contributed by atoms with Crippen LogP contribution in [0.4, 0.5) is 0 Å². The molecule has 2 heterocycles. The minimum atomic E-state index is 0.396. The summed E-state index contributed by atoms with van der Waals surface area (Å²) in [4.78, 5) is 9.42. The van der Waals surface area contributed by atoms with Gasteiger partial charge in [0.15, 0.2) is 5.82 Å². The number of rotatable bonds is 2. The maximum absolute atomic E-state index is 6.06. The van der Waals surface area contributed by atoms with Gasteiger partial charge in [-0.3, -0.25) is 0 Å². The summed E-state index contributed by atoms with van der Waals surface area (Å²) in [6.07, 6.45) is 3.70. The molecule has 2 aromatic rings. The van der Waals surface area contributed by atoms with E-state index in [9.17, 15) is 0 Å². The summed E-state index contributed by atoms with van der Waals surface area (Å²) >= 11 is 6.06. The summed E-state index contributed by atoms with van der Waals surface area (Å²) in [5.41, 5.74) is 4.37. The van der Waals surface area contributed by atoms with Crippen molar-refractivity contribution in [2.75, 3.05) is 6.54 Å². The highest BCUT2D eigenvalue weighted by atomic mass is 35.5. The van der Waals surface area contributed by atoms with E-state index < -0.39 is 0 Å². The van der Waals surface area contributed by atoms with Crippen molar-refractivity contribution in [3.8, 4) is 11.4 Å². The Bertz CT molecular complexity index is 625. The maximum Gasteiger partial charge on any atom is 0.159 e. The molecule has 0 radical (unpaired) electrons. The zero-order valence-corrected chi connectivity index (χ0v) is 13.2. The number of halogens is 1. The second-order valence-corrected chi connectivity index (χ2v) is 6.08. The van der Waals surface area contributed by atoms with Gasteiger partial charge in [0.05, 0.1) is 0 Å². The van der Waals surface area contributed by atoms with Crippen LogP contribution in [-0.2, 0) is 0 Å². The van der Waals surface area contributed by atoms with Crippen LogP contribution in [0.15, 0.2) is 24.3 Å². The van der Waals surface area contributed by atoms with Crippen LogP contribution >= 0.6 is 11.6 Å². The lowest BCUT2D eigenvalue weighted by Gasteiger charge is -2.26. The Morgan fingerprint density at radius 3 is 2.52 bits per heavy atom. The first kappa shape index (κ1) is 14.5. The normalized spacial score (nSPS) is 18.7. The standard InChI is InChI=1S/C17H20ClN3/c1-11-16(15-8-3-4-9-19-15)12(2)21-17(20-11)13-6-5-7-14(18)10-13/h5-7,10,15,19H,3-4,8-9H2,1-2H3. The predicted molar refractivity (Wildman–Crippen MR) is 86.5 cm³/mol. The minimum absolute atomic E-state index is 0.396. The van der Waals surface area contributed by atoms with Crippen LogP contribution in [0.2, 0.25) is 5.02 Å². The second kappa shape index (κ2) is 6.12. The SMILES string of the molecule is Cc1nc(-c2cccc(Cl)c2)nc(C)c1C1CCCCN1. The summed E-state index contributed by atoms with van der Waals surface area (Å²) in [5, 5.41) is 4.30. The number of hydrogen-bond acceptors (Lipinski definition) is 3. The van der Waals surface area contributed by atoms with Crippen molar-refractivity contribution in [2.24, 2.45) is 0 Å². The first-order chi connectivity index (χ1) is 10.1. The predicted octanol–water partition coefficient (Wildman–Crippen LogP) is 4.23. The first-order valence-electron chi connectivity index (χ1n) is 7.49. The van der Waals surface area contributed by atoms with Gasteiger partial charge < -0.3 is 5.32 Å². The maximum atomic E-state index is 6.06. The van der Waals surface area contributed by atoms with E-state index in [1.807, 2.05) is 24.3 Å². The van der Waals surface area contributed by atoms with Gasteiger partial charge >= 0.3 is 0 Å². The molecule has 21 heavy (non-hydrogen) atoms. The zero-order valence-electron chi connectivity index (χ0n) is 12.5. The molecule has 0 saturated carbocycles. The van der Waals surface area contributed by atoms with E-state index in [-0.39, 0.29) is 0 Å². The van der Waals surface area contributed by atoms with Gasteiger partial charge in [-0.1, -0.05) is 30.2 Å². The molecule has 1 aromatic carbocycles. The molecule has 3 rings (SSSR count). The molecular weight excluding hydrogens is 282 g/mol. The van der Waals surface area contributed by atoms with E-state index in [2.05, 4.69) is 19.2 Å². The zero-order chi connectivity index (χ0) is 14.8. The lowest BCUT2D eigenvalue weighted by Crippen LogP contribution is -2.28. The first-order valence-corrected chi connectivity index (χ1v) is 7.87. The summed E-state index contributed by atoms with van der Waals surface area (Å²) in [7, 11) is 0. The Morgan fingerprint density at radius 2 is 1.90 bits per heavy atom. The second-order valence-electron chi connectivity index (χ2n) is 5.64. The molecule has 1 atom stereocenters. The van der Waals surface area contributed by atoms with E-state index in [4.69, 9.17) is 21.6 Å². The van der Waals surface area contributed by atoms with Gasteiger partial charge in [-0.2, -0.15) is 0 Å². The fourth-order valence-corrected chi connectivity index (χ4v) is 3.27. The van der Waals surface area contributed by atoms with Crippen LogP contribution in [0.5, 0.6) is 0 Å². The third-order valence-corrected chi connectivity index (χ3v) is 4.30. The molecule has 4 heteroatoms. The lowest BCUT2D eigenvalue weighted by molar-refractivity contribution is 0.408. The van der Waals surface area contributed by atoms with Crippen molar-refractivity contribution in [3.63, 3.8) is 0 Å². The monoisotopic (exact) mass is 301 g/mol. The highest BCUT2D eigenvalue weighted by Crippen LogP contribution is 2.29. The molecule has 3 nitrogen and oxygen atoms in total. The fraction of sp³-hybridized carbons (Fsp3) is 0.412. The molecule has 110 valence electrons. The average molecular weight is 302 g/mol. The molecule has 1 unspecified atom stereocenters.